The smallest absolute Gasteiger partial charge is 0.346 e. The van der Waals surface area contributed by atoms with Gasteiger partial charge < -0.3 is 14.9 Å². The number of nitrogens with one attached hydrogen (secondary N) is 1. The number of rotatable bonds is 5. The highest BCUT2D eigenvalue weighted by Crippen LogP contribution is 2.26. The van der Waals surface area contributed by atoms with E-state index >= 15 is 0 Å². The van der Waals surface area contributed by atoms with Crippen molar-refractivity contribution < 1.29 is 19.2 Å². The van der Waals surface area contributed by atoms with Crippen LogP contribution in [0, 0.1) is 20.8 Å². The van der Waals surface area contributed by atoms with Gasteiger partial charge in [-0.15, -0.1) is 11.3 Å². The van der Waals surface area contributed by atoms with E-state index < -0.39 is 5.97 Å². The summed E-state index contributed by atoms with van der Waals surface area (Å²) < 4.78 is 5.05. The molecule has 6 nitrogen and oxygen atoms in total. The summed E-state index contributed by atoms with van der Waals surface area (Å²) in [4.78, 5) is 23.1. The summed E-state index contributed by atoms with van der Waals surface area (Å²) in [7, 11) is 0. The second-order valence-electron chi connectivity index (χ2n) is 4.78. The highest BCUT2D eigenvalue weighted by Gasteiger charge is 2.15. The summed E-state index contributed by atoms with van der Waals surface area (Å²) in [6, 6.07) is 1.67. The minimum Gasteiger partial charge on any atom is -0.477 e. The van der Waals surface area contributed by atoms with Crippen LogP contribution in [0.3, 0.4) is 0 Å². The Morgan fingerprint density at radius 2 is 2.10 bits per heavy atom. The molecule has 0 saturated heterocycles. The van der Waals surface area contributed by atoms with E-state index in [1.807, 2.05) is 13.8 Å². The maximum Gasteiger partial charge on any atom is 0.346 e. The van der Waals surface area contributed by atoms with E-state index in [-0.39, 0.29) is 10.8 Å². The Hall–Kier alpha value is -2.15. The molecule has 0 saturated carbocycles. The molecule has 0 atom stereocenters. The zero-order chi connectivity index (χ0) is 15.6. The van der Waals surface area contributed by atoms with Crippen molar-refractivity contribution in [3.8, 4) is 0 Å². The van der Waals surface area contributed by atoms with Gasteiger partial charge in [-0.2, -0.15) is 0 Å². The van der Waals surface area contributed by atoms with Crippen LogP contribution < -0.4 is 5.32 Å². The number of hydrogen-bond acceptors (Lipinski definition) is 5. The van der Waals surface area contributed by atoms with Crippen LogP contribution in [-0.2, 0) is 11.2 Å². The molecule has 0 aliphatic rings. The molecule has 1 amide bonds. The fourth-order valence-corrected chi connectivity index (χ4v) is 2.98. The van der Waals surface area contributed by atoms with E-state index in [9.17, 15) is 9.59 Å². The molecular formula is C14H16N2O4S. The average molecular weight is 308 g/mol. The molecule has 0 aromatic carbocycles. The Balaban J connectivity index is 1.96. The molecule has 112 valence electrons. The Bertz CT molecular complexity index is 668. The number of amides is 1. The number of aromatic carboxylic acids is 1. The first-order valence-corrected chi connectivity index (χ1v) is 7.25. The second kappa shape index (κ2) is 6.09. The molecule has 0 unspecified atom stereocenters. The largest absolute Gasteiger partial charge is 0.477 e. The molecule has 0 aliphatic carbocycles. The number of anilines is 1. The molecule has 0 spiro atoms. The van der Waals surface area contributed by atoms with Gasteiger partial charge in [0.1, 0.15) is 10.6 Å². The molecule has 2 aromatic heterocycles. The van der Waals surface area contributed by atoms with Gasteiger partial charge in [0.15, 0.2) is 0 Å². The van der Waals surface area contributed by atoms with Crippen LogP contribution in [0.4, 0.5) is 5.00 Å². The number of carboxylic acids is 1. The van der Waals surface area contributed by atoms with Crippen molar-refractivity contribution in [3.63, 3.8) is 0 Å². The molecule has 0 radical (unpaired) electrons. The van der Waals surface area contributed by atoms with Gasteiger partial charge in [-0.3, -0.25) is 4.79 Å². The third-order valence-electron chi connectivity index (χ3n) is 3.16. The molecule has 0 fully saturated rings. The van der Waals surface area contributed by atoms with E-state index in [1.165, 1.54) is 0 Å². The quantitative estimate of drug-likeness (QED) is 0.886. The number of aromatic nitrogens is 1. The fraction of sp³-hybridized carbons (Fsp3) is 0.357. The predicted molar refractivity (Wildman–Crippen MR) is 78.9 cm³/mol. The lowest BCUT2D eigenvalue weighted by Gasteiger charge is -2.02. The monoisotopic (exact) mass is 308 g/mol. The molecule has 21 heavy (non-hydrogen) atoms. The summed E-state index contributed by atoms with van der Waals surface area (Å²) in [6.45, 7) is 5.36. The van der Waals surface area contributed by atoms with E-state index in [0.717, 1.165) is 28.4 Å². The maximum absolute atomic E-state index is 11.9. The molecule has 2 rings (SSSR count). The van der Waals surface area contributed by atoms with Gasteiger partial charge in [-0.1, -0.05) is 5.16 Å². The molecule has 2 N–H and O–H groups in total. The Morgan fingerprint density at radius 1 is 1.38 bits per heavy atom. The lowest BCUT2D eigenvalue weighted by Crippen LogP contribution is -2.11. The number of thiophene rings is 1. The third kappa shape index (κ3) is 3.49. The zero-order valence-electron chi connectivity index (χ0n) is 12.0. The number of carbonyl (C=O) groups excluding carboxylic acids is 1. The van der Waals surface area contributed by atoms with E-state index in [2.05, 4.69) is 10.5 Å². The number of carbonyl (C=O) groups is 2. The summed E-state index contributed by atoms with van der Waals surface area (Å²) in [5.41, 5.74) is 2.38. The number of aryl methyl sites for hydroxylation is 3. The second-order valence-corrected chi connectivity index (χ2v) is 5.83. The number of hydrogen-bond donors (Lipinski definition) is 2. The van der Waals surface area contributed by atoms with Gasteiger partial charge in [-0.25, -0.2) is 4.79 Å². The van der Waals surface area contributed by atoms with Crippen molar-refractivity contribution in [3.05, 3.63) is 33.5 Å². The highest BCUT2D eigenvalue weighted by molar-refractivity contribution is 7.18. The van der Waals surface area contributed by atoms with Crippen LogP contribution in [0.2, 0.25) is 0 Å². The minimum absolute atomic E-state index is 0.159. The SMILES string of the molecule is Cc1cc(NC(=O)CCc2c(C)noc2C)sc1C(=O)O. The van der Waals surface area contributed by atoms with E-state index in [1.54, 1.807) is 13.0 Å². The van der Waals surface area contributed by atoms with Crippen molar-refractivity contribution in [2.24, 2.45) is 0 Å². The summed E-state index contributed by atoms with van der Waals surface area (Å²) in [6.07, 6.45) is 0.839. The Kier molecular flexibility index (Phi) is 4.42. The number of nitrogens with zero attached hydrogens (tertiary/aromatic N) is 1. The summed E-state index contributed by atoms with van der Waals surface area (Å²) in [5, 5.41) is 16.1. The molecule has 2 aromatic rings. The van der Waals surface area contributed by atoms with Gasteiger partial charge >= 0.3 is 5.97 Å². The van der Waals surface area contributed by atoms with E-state index in [4.69, 9.17) is 9.63 Å². The van der Waals surface area contributed by atoms with Crippen molar-refractivity contribution in [1.29, 1.82) is 0 Å². The minimum atomic E-state index is -0.978. The molecule has 7 heteroatoms. The van der Waals surface area contributed by atoms with Crippen molar-refractivity contribution in [2.45, 2.75) is 33.6 Å². The predicted octanol–water partition coefficient (Wildman–Crippen LogP) is 2.93. The Morgan fingerprint density at radius 3 is 2.62 bits per heavy atom. The van der Waals surface area contributed by atoms with Gasteiger partial charge in [-0.05, 0) is 38.8 Å². The van der Waals surface area contributed by atoms with Crippen molar-refractivity contribution >= 4 is 28.2 Å². The molecule has 2 heterocycles. The molecule has 0 aliphatic heterocycles. The number of carboxylic acid groups (broad SMARTS) is 1. The van der Waals surface area contributed by atoms with Crippen LogP contribution in [0.15, 0.2) is 10.6 Å². The van der Waals surface area contributed by atoms with Gasteiger partial charge in [0.05, 0.1) is 10.7 Å². The van der Waals surface area contributed by atoms with Gasteiger partial charge in [0.25, 0.3) is 0 Å². The lowest BCUT2D eigenvalue weighted by atomic mass is 10.1. The first-order chi connectivity index (χ1) is 9.88. The van der Waals surface area contributed by atoms with Gasteiger partial charge in [0.2, 0.25) is 5.91 Å². The topological polar surface area (TPSA) is 92.4 Å². The molecular weight excluding hydrogens is 292 g/mol. The first-order valence-electron chi connectivity index (χ1n) is 6.43. The van der Waals surface area contributed by atoms with Crippen molar-refractivity contribution in [1.82, 2.24) is 5.16 Å². The normalized spacial score (nSPS) is 10.6. The lowest BCUT2D eigenvalue weighted by molar-refractivity contribution is -0.116. The third-order valence-corrected chi connectivity index (χ3v) is 4.30. The standard InChI is InChI=1S/C14H16N2O4S/c1-7-6-12(21-13(7)14(18)19)15-11(17)5-4-10-8(2)16-20-9(10)3/h6H,4-5H2,1-3H3,(H,15,17)(H,18,19). The van der Waals surface area contributed by atoms with Crippen LogP contribution in [0.25, 0.3) is 0 Å². The average Bonchev–Trinajstić information content (AvgIpc) is 2.91. The van der Waals surface area contributed by atoms with Crippen LogP contribution >= 0.6 is 11.3 Å². The summed E-state index contributed by atoms with van der Waals surface area (Å²) in [5.74, 6) is -0.414. The van der Waals surface area contributed by atoms with E-state index in [0.29, 0.717) is 23.4 Å². The summed E-state index contributed by atoms with van der Waals surface area (Å²) >= 11 is 1.06. The maximum atomic E-state index is 11.9. The van der Waals surface area contributed by atoms with Crippen LogP contribution in [-0.4, -0.2) is 22.1 Å². The molecule has 0 bridgehead atoms. The van der Waals surface area contributed by atoms with Crippen LogP contribution in [0.5, 0.6) is 0 Å². The fourth-order valence-electron chi connectivity index (χ4n) is 2.05. The Labute approximate surface area is 125 Å². The first kappa shape index (κ1) is 15.2. The highest BCUT2D eigenvalue weighted by atomic mass is 32.1. The zero-order valence-corrected chi connectivity index (χ0v) is 12.8. The van der Waals surface area contributed by atoms with Crippen LogP contribution in [0.1, 0.15) is 38.7 Å². The van der Waals surface area contributed by atoms with Gasteiger partial charge in [0, 0.05) is 12.0 Å². The van der Waals surface area contributed by atoms with Crippen molar-refractivity contribution in [2.75, 3.05) is 5.32 Å².